The van der Waals surface area contributed by atoms with Gasteiger partial charge in [-0.2, -0.15) is 0 Å². The summed E-state index contributed by atoms with van der Waals surface area (Å²) in [6.07, 6.45) is 3.15. The quantitative estimate of drug-likeness (QED) is 0.517. The van der Waals surface area contributed by atoms with Crippen LogP contribution in [0.5, 0.6) is 0 Å². The predicted octanol–water partition coefficient (Wildman–Crippen LogP) is 1.98. The number of carbonyl (C=O) groups is 1. The smallest absolute Gasteiger partial charge is 0.134 e. The molecule has 0 bridgehead atoms. The van der Waals surface area contributed by atoms with Crippen molar-refractivity contribution in [2.24, 2.45) is 5.92 Å². The van der Waals surface area contributed by atoms with E-state index in [1.807, 2.05) is 0 Å². The molecule has 1 aliphatic rings. The Hall–Kier alpha value is -0.0400. The molecule has 0 heterocycles. The Kier molecular flexibility index (Phi) is 2.12. The van der Waals surface area contributed by atoms with Crippen molar-refractivity contribution in [2.75, 3.05) is 0 Å². The number of hydrogen-bond acceptors (Lipinski definition) is 1. The van der Waals surface area contributed by atoms with Gasteiger partial charge in [0.1, 0.15) is 5.78 Å². The molecule has 0 saturated heterocycles. The Morgan fingerprint density at radius 1 is 1.56 bits per heavy atom. The Morgan fingerprint density at radius 2 is 2.22 bits per heavy atom. The highest BCUT2D eigenvalue weighted by molar-refractivity contribution is 6.22. The summed E-state index contributed by atoms with van der Waals surface area (Å²) >= 11 is 5.85. The average Bonchev–Trinajstić information content (AvgIpc) is 2.13. The molecule has 0 amide bonds. The molecule has 9 heavy (non-hydrogen) atoms. The topological polar surface area (TPSA) is 17.1 Å². The van der Waals surface area contributed by atoms with Gasteiger partial charge in [0.25, 0.3) is 0 Å². The monoisotopic (exact) mass is 146 g/mol. The number of alkyl halides is 1. The van der Waals surface area contributed by atoms with E-state index >= 15 is 0 Å². The molecule has 0 aromatic carbocycles. The number of carbonyl (C=O) groups excluding carboxylic acids is 1. The lowest BCUT2D eigenvalue weighted by atomic mass is 10.0. The summed E-state index contributed by atoms with van der Waals surface area (Å²) in [6.45, 7) is 1.63. The Balaban J connectivity index is 2.49. The normalized spacial score (nSPS) is 34.9. The molecule has 0 unspecified atom stereocenters. The maximum Gasteiger partial charge on any atom is 0.134 e. The number of hydrogen-bond donors (Lipinski definition) is 0. The second-order valence-corrected chi connectivity index (χ2v) is 3.22. The molecular formula is C7H11ClO. The molecule has 2 heteroatoms. The average molecular weight is 147 g/mol. The summed E-state index contributed by atoms with van der Waals surface area (Å²) in [6, 6.07) is 0. The summed E-state index contributed by atoms with van der Waals surface area (Å²) in [5, 5.41) is 0.127. The first kappa shape index (κ1) is 7.07. The van der Waals surface area contributed by atoms with Crippen molar-refractivity contribution in [1.82, 2.24) is 0 Å². The van der Waals surface area contributed by atoms with Crippen LogP contribution in [0.1, 0.15) is 26.2 Å². The molecule has 1 fully saturated rings. The van der Waals surface area contributed by atoms with Crippen LogP contribution in [0.15, 0.2) is 0 Å². The van der Waals surface area contributed by atoms with Crippen molar-refractivity contribution in [1.29, 1.82) is 0 Å². The van der Waals surface area contributed by atoms with Gasteiger partial charge in [0.05, 0.1) is 0 Å². The molecule has 0 spiro atoms. The van der Waals surface area contributed by atoms with Crippen LogP contribution >= 0.6 is 11.6 Å². The molecular weight excluding hydrogens is 136 g/mol. The minimum Gasteiger partial charge on any atom is -0.300 e. The highest BCUT2D eigenvalue weighted by Crippen LogP contribution is 2.30. The van der Waals surface area contributed by atoms with Crippen LogP contribution in [0.2, 0.25) is 0 Å². The summed E-state index contributed by atoms with van der Waals surface area (Å²) in [5.74, 6) is 0.416. The fraction of sp³-hybridized carbons (Fsp3) is 0.857. The van der Waals surface area contributed by atoms with E-state index in [0.717, 1.165) is 19.3 Å². The number of ketones is 1. The zero-order chi connectivity index (χ0) is 6.85. The number of rotatable bonds is 1. The first-order valence-electron chi connectivity index (χ1n) is 3.36. The largest absolute Gasteiger partial charge is 0.300 e. The van der Waals surface area contributed by atoms with Gasteiger partial charge in [-0.3, -0.25) is 4.79 Å². The molecule has 0 radical (unpaired) electrons. The van der Waals surface area contributed by atoms with Crippen LogP contribution in [-0.4, -0.2) is 11.2 Å². The molecule has 2 atom stereocenters. The van der Waals surface area contributed by atoms with E-state index < -0.39 is 0 Å². The van der Waals surface area contributed by atoms with Gasteiger partial charge >= 0.3 is 0 Å². The predicted molar refractivity (Wildman–Crippen MR) is 37.7 cm³/mol. The van der Waals surface area contributed by atoms with Crippen molar-refractivity contribution in [3.8, 4) is 0 Å². The van der Waals surface area contributed by atoms with Crippen LogP contribution in [0.25, 0.3) is 0 Å². The van der Waals surface area contributed by atoms with E-state index in [0.29, 0.717) is 0 Å². The van der Waals surface area contributed by atoms with Crippen LogP contribution in [0, 0.1) is 5.92 Å². The molecule has 1 rings (SSSR count). The van der Waals surface area contributed by atoms with Gasteiger partial charge in [0.15, 0.2) is 0 Å². The van der Waals surface area contributed by atoms with E-state index in [1.165, 1.54) is 0 Å². The third kappa shape index (κ3) is 1.45. The van der Waals surface area contributed by atoms with Crippen molar-refractivity contribution in [2.45, 2.75) is 31.6 Å². The van der Waals surface area contributed by atoms with Gasteiger partial charge in [0, 0.05) is 11.3 Å². The fourth-order valence-corrected chi connectivity index (χ4v) is 1.83. The van der Waals surface area contributed by atoms with Crippen molar-refractivity contribution >= 4 is 17.4 Å². The number of halogens is 1. The second-order valence-electron chi connectivity index (χ2n) is 2.66. The Bertz CT molecular complexity index is 122. The summed E-state index contributed by atoms with van der Waals surface area (Å²) in [7, 11) is 0. The maximum atomic E-state index is 10.8. The van der Waals surface area contributed by atoms with Crippen LogP contribution in [0.4, 0.5) is 0 Å². The summed E-state index contributed by atoms with van der Waals surface area (Å²) < 4.78 is 0. The van der Waals surface area contributed by atoms with Gasteiger partial charge in [0.2, 0.25) is 0 Å². The minimum absolute atomic E-state index is 0.127. The second kappa shape index (κ2) is 2.70. The van der Waals surface area contributed by atoms with Crippen LogP contribution in [-0.2, 0) is 4.79 Å². The maximum absolute atomic E-state index is 10.8. The molecule has 1 nitrogen and oxygen atoms in total. The van der Waals surface area contributed by atoms with Gasteiger partial charge in [-0.1, -0.05) is 6.42 Å². The van der Waals surface area contributed by atoms with Gasteiger partial charge < -0.3 is 0 Å². The molecule has 1 saturated carbocycles. The van der Waals surface area contributed by atoms with E-state index in [-0.39, 0.29) is 17.1 Å². The van der Waals surface area contributed by atoms with E-state index in [2.05, 4.69) is 0 Å². The fourth-order valence-electron chi connectivity index (χ4n) is 1.37. The van der Waals surface area contributed by atoms with Crippen LogP contribution < -0.4 is 0 Å². The Labute approximate surface area is 60.4 Å². The minimum atomic E-state index is 0.127. The third-order valence-corrected chi connectivity index (χ3v) is 2.48. The highest BCUT2D eigenvalue weighted by atomic mass is 35.5. The van der Waals surface area contributed by atoms with Gasteiger partial charge in [-0.05, 0) is 19.8 Å². The number of Topliss-reactive ketones (excluding diaryl/α,β-unsaturated/α-hetero) is 1. The van der Waals surface area contributed by atoms with Gasteiger partial charge in [-0.15, -0.1) is 11.6 Å². The molecule has 1 aliphatic carbocycles. The Morgan fingerprint density at radius 3 is 2.44 bits per heavy atom. The zero-order valence-corrected chi connectivity index (χ0v) is 6.32. The highest BCUT2D eigenvalue weighted by Gasteiger charge is 2.28. The van der Waals surface area contributed by atoms with Crippen molar-refractivity contribution in [3.63, 3.8) is 0 Å². The van der Waals surface area contributed by atoms with E-state index in [4.69, 9.17) is 11.6 Å². The van der Waals surface area contributed by atoms with E-state index in [9.17, 15) is 4.79 Å². The molecule has 0 aliphatic heterocycles. The SMILES string of the molecule is CC(=O)[C@H]1CCC[C@H]1Cl. The first-order chi connectivity index (χ1) is 4.22. The molecule has 52 valence electrons. The van der Waals surface area contributed by atoms with Crippen molar-refractivity contribution < 1.29 is 4.79 Å². The lowest BCUT2D eigenvalue weighted by molar-refractivity contribution is -0.120. The molecule has 0 aromatic heterocycles. The molecule has 0 N–H and O–H groups in total. The van der Waals surface area contributed by atoms with Gasteiger partial charge in [-0.25, -0.2) is 0 Å². The van der Waals surface area contributed by atoms with E-state index in [1.54, 1.807) is 6.92 Å². The lowest BCUT2D eigenvalue weighted by Crippen LogP contribution is -2.15. The lowest BCUT2D eigenvalue weighted by Gasteiger charge is -2.07. The zero-order valence-electron chi connectivity index (χ0n) is 5.56. The standard InChI is InChI=1S/C7H11ClO/c1-5(9)6-3-2-4-7(6)8/h6-7H,2-4H2,1H3/t6-,7-/m1/s1. The summed E-state index contributed by atoms with van der Waals surface area (Å²) in [5.41, 5.74) is 0. The first-order valence-corrected chi connectivity index (χ1v) is 3.80. The third-order valence-electron chi connectivity index (χ3n) is 1.95. The van der Waals surface area contributed by atoms with Crippen LogP contribution in [0.3, 0.4) is 0 Å². The summed E-state index contributed by atoms with van der Waals surface area (Å²) in [4.78, 5) is 10.8. The molecule has 0 aromatic rings. The van der Waals surface area contributed by atoms with Crippen molar-refractivity contribution in [3.05, 3.63) is 0 Å².